The molecule has 1 aromatic carbocycles. The second-order valence-corrected chi connectivity index (χ2v) is 8.55. The van der Waals surface area contributed by atoms with E-state index in [0.717, 1.165) is 64.9 Å². The van der Waals surface area contributed by atoms with E-state index in [1.165, 1.54) is 16.7 Å². The number of hydrogen-bond acceptors (Lipinski definition) is 4. The molecule has 0 radical (unpaired) electrons. The first-order chi connectivity index (χ1) is 14.0. The third-order valence-electron chi connectivity index (χ3n) is 6.14. The summed E-state index contributed by atoms with van der Waals surface area (Å²) >= 11 is 0. The van der Waals surface area contributed by atoms with Crippen molar-refractivity contribution >= 4 is 29.9 Å². The third kappa shape index (κ3) is 6.80. The highest BCUT2D eigenvalue weighted by Crippen LogP contribution is 2.26. The predicted octanol–water partition coefficient (Wildman–Crippen LogP) is 2.90. The van der Waals surface area contributed by atoms with Gasteiger partial charge in [-0.1, -0.05) is 23.8 Å². The number of benzene rings is 1. The maximum absolute atomic E-state index is 6.14. The molecule has 7 heteroatoms. The number of nitrogens with one attached hydrogen (secondary N) is 1. The zero-order chi connectivity index (χ0) is 20.8. The van der Waals surface area contributed by atoms with Crippen LogP contribution in [0.5, 0.6) is 0 Å². The van der Waals surface area contributed by atoms with Gasteiger partial charge in [-0.2, -0.15) is 0 Å². The van der Waals surface area contributed by atoms with E-state index >= 15 is 0 Å². The second-order valence-electron chi connectivity index (χ2n) is 8.55. The summed E-state index contributed by atoms with van der Waals surface area (Å²) in [6, 6.07) is 7.11. The Morgan fingerprint density at radius 3 is 2.60 bits per heavy atom. The van der Waals surface area contributed by atoms with Crippen molar-refractivity contribution in [2.45, 2.75) is 39.8 Å². The van der Waals surface area contributed by atoms with Gasteiger partial charge in [0.2, 0.25) is 0 Å². The van der Waals surface area contributed by atoms with Crippen molar-refractivity contribution in [3.05, 3.63) is 34.9 Å². The zero-order valence-corrected chi connectivity index (χ0v) is 21.7. The molecule has 2 saturated heterocycles. The van der Waals surface area contributed by atoms with Crippen molar-refractivity contribution in [3.63, 3.8) is 0 Å². The van der Waals surface area contributed by atoms with Gasteiger partial charge in [-0.05, 0) is 45.9 Å². The molecule has 0 aromatic heterocycles. The molecule has 2 aliphatic rings. The highest BCUT2D eigenvalue weighted by atomic mass is 127. The summed E-state index contributed by atoms with van der Waals surface area (Å²) in [5.74, 6) is 1.02. The molecule has 0 amide bonds. The zero-order valence-electron chi connectivity index (χ0n) is 19.4. The van der Waals surface area contributed by atoms with Crippen molar-refractivity contribution < 1.29 is 4.74 Å². The number of morpholine rings is 1. The van der Waals surface area contributed by atoms with Gasteiger partial charge in [0.15, 0.2) is 5.96 Å². The van der Waals surface area contributed by atoms with Crippen LogP contribution >= 0.6 is 24.0 Å². The molecule has 0 spiro atoms. The van der Waals surface area contributed by atoms with Crippen LogP contribution in [0.3, 0.4) is 0 Å². The Morgan fingerprint density at radius 2 is 1.93 bits per heavy atom. The summed E-state index contributed by atoms with van der Waals surface area (Å²) in [5.41, 5.74) is 3.90. The van der Waals surface area contributed by atoms with Crippen LogP contribution in [0.15, 0.2) is 23.2 Å². The van der Waals surface area contributed by atoms with E-state index in [1.807, 2.05) is 0 Å². The Morgan fingerprint density at radius 1 is 1.20 bits per heavy atom. The Balaban J connectivity index is 0.00000320. The van der Waals surface area contributed by atoms with Gasteiger partial charge < -0.3 is 19.9 Å². The summed E-state index contributed by atoms with van der Waals surface area (Å²) in [6.07, 6.45) is 0.100. The summed E-state index contributed by atoms with van der Waals surface area (Å²) in [7, 11) is 2.20. The minimum atomic E-state index is 0. The number of aliphatic imine (C=N–C) groups is 1. The van der Waals surface area contributed by atoms with Gasteiger partial charge >= 0.3 is 0 Å². The maximum atomic E-state index is 6.14. The fourth-order valence-corrected chi connectivity index (χ4v) is 4.24. The van der Waals surface area contributed by atoms with Crippen LogP contribution in [-0.2, 0) is 4.74 Å². The number of likely N-dealkylation sites (N-methyl/N-ethyl adjacent to an activating group) is 1. The molecule has 0 saturated carbocycles. The number of aryl methyl sites for hydroxylation is 2. The monoisotopic (exact) mass is 529 g/mol. The minimum absolute atomic E-state index is 0. The molecule has 6 nitrogen and oxygen atoms in total. The van der Waals surface area contributed by atoms with E-state index in [2.05, 4.69) is 73.0 Å². The van der Waals surface area contributed by atoms with Crippen molar-refractivity contribution in [2.24, 2.45) is 4.99 Å². The number of halogens is 1. The molecule has 2 unspecified atom stereocenters. The summed E-state index contributed by atoms with van der Waals surface area (Å²) in [4.78, 5) is 12.3. The molecule has 1 aromatic rings. The SMILES string of the molecule is CCNC(=NCC(C)N1CCN(C)CC1)N1CCOC(c2ccc(C)cc2C)C1.I. The molecule has 3 rings (SSSR count). The molecule has 0 aliphatic carbocycles. The van der Waals surface area contributed by atoms with Crippen LogP contribution in [0.1, 0.15) is 36.6 Å². The fraction of sp³-hybridized carbons (Fsp3) is 0.696. The van der Waals surface area contributed by atoms with E-state index in [1.54, 1.807) is 0 Å². The molecule has 0 bridgehead atoms. The first kappa shape index (κ1) is 25.4. The van der Waals surface area contributed by atoms with Crippen LogP contribution in [-0.4, -0.2) is 92.7 Å². The van der Waals surface area contributed by atoms with Crippen LogP contribution in [0.2, 0.25) is 0 Å². The first-order valence-corrected chi connectivity index (χ1v) is 11.1. The molecule has 170 valence electrons. The lowest BCUT2D eigenvalue weighted by molar-refractivity contribution is -0.00838. The molecule has 2 heterocycles. The lowest BCUT2D eigenvalue weighted by atomic mass is 10.00. The lowest BCUT2D eigenvalue weighted by Crippen LogP contribution is -2.50. The van der Waals surface area contributed by atoms with Gasteiger partial charge in [0.1, 0.15) is 6.10 Å². The number of guanidine groups is 1. The van der Waals surface area contributed by atoms with Gasteiger partial charge in [-0.25, -0.2) is 0 Å². The second kappa shape index (κ2) is 12.2. The van der Waals surface area contributed by atoms with E-state index in [4.69, 9.17) is 9.73 Å². The highest BCUT2D eigenvalue weighted by molar-refractivity contribution is 14.0. The average Bonchev–Trinajstić information content (AvgIpc) is 2.71. The number of piperazine rings is 1. The number of nitrogens with zero attached hydrogens (tertiary/aromatic N) is 4. The van der Waals surface area contributed by atoms with Gasteiger partial charge in [0, 0.05) is 45.3 Å². The Labute approximate surface area is 200 Å². The Hall–Kier alpha value is -0.900. The first-order valence-electron chi connectivity index (χ1n) is 11.1. The number of ether oxygens (including phenoxy) is 1. The molecular weight excluding hydrogens is 489 g/mol. The van der Waals surface area contributed by atoms with Crippen LogP contribution in [0, 0.1) is 13.8 Å². The molecule has 2 aliphatic heterocycles. The molecule has 30 heavy (non-hydrogen) atoms. The smallest absolute Gasteiger partial charge is 0.194 e. The van der Waals surface area contributed by atoms with E-state index < -0.39 is 0 Å². The quantitative estimate of drug-likeness (QED) is 0.361. The average molecular weight is 530 g/mol. The molecule has 2 fully saturated rings. The Kier molecular flexibility index (Phi) is 10.3. The summed E-state index contributed by atoms with van der Waals surface area (Å²) in [6.45, 7) is 17.5. The lowest BCUT2D eigenvalue weighted by Gasteiger charge is -2.37. The Bertz CT molecular complexity index is 690. The van der Waals surface area contributed by atoms with Crippen molar-refractivity contribution in [1.29, 1.82) is 0 Å². The van der Waals surface area contributed by atoms with Crippen LogP contribution < -0.4 is 5.32 Å². The highest BCUT2D eigenvalue weighted by Gasteiger charge is 2.26. The topological polar surface area (TPSA) is 43.3 Å². The largest absolute Gasteiger partial charge is 0.370 e. The van der Waals surface area contributed by atoms with E-state index in [0.29, 0.717) is 6.04 Å². The fourth-order valence-electron chi connectivity index (χ4n) is 4.24. The summed E-state index contributed by atoms with van der Waals surface area (Å²) < 4.78 is 6.14. The number of rotatable bonds is 5. The predicted molar refractivity (Wildman–Crippen MR) is 136 cm³/mol. The van der Waals surface area contributed by atoms with Crippen molar-refractivity contribution in [1.82, 2.24) is 20.0 Å². The molecule has 2 atom stereocenters. The maximum Gasteiger partial charge on any atom is 0.194 e. The van der Waals surface area contributed by atoms with Crippen molar-refractivity contribution in [2.75, 3.05) is 66.0 Å². The van der Waals surface area contributed by atoms with Crippen LogP contribution in [0.4, 0.5) is 0 Å². The number of hydrogen-bond donors (Lipinski definition) is 1. The summed E-state index contributed by atoms with van der Waals surface area (Å²) in [5, 5.41) is 3.51. The van der Waals surface area contributed by atoms with E-state index in [9.17, 15) is 0 Å². The van der Waals surface area contributed by atoms with Gasteiger partial charge in [-0.15, -0.1) is 24.0 Å². The third-order valence-corrected chi connectivity index (χ3v) is 6.14. The standard InChI is InChI=1S/C23H39N5O.HI/c1-6-24-23(25-16-20(4)27-11-9-26(5)10-12-27)28-13-14-29-22(17-28)21-8-7-18(2)15-19(21)3;/h7-8,15,20,22H,6,9-14,16-17H2,1-5H3,(H,24,25);1H. The molecule has 1 N–H and O–H groups in total. The van der Waals surface area contributed by atoms with Gasteiger partial charge in [0.25, 0.3) is 0 Å². The molecular formula is C23H40IN5O. The normalized spacial score (nSPS) is 22.5. The van der Waals surface area contributed by atoms with Crippen molar-refractivity contribution in [3.8, 4) is 0 Å². The minimum Gasteiger partial charge on any atom is -0.370 e. The van der Waals surface area contributed by atoms with Gasteiger partial charge in [0.05, 0.1) is 19.7 Å². The van der Waals surface area contributed by atoms with Crippen LogP contribution in [0.25, 0.3) is 0 Å². The van der Waals surface area contributed by atoms with E-state index in [-0.39, 0.29) is 30.1 Å². The van der Waals surface area contributed by atoms with Gasteiger partial charge in [-0.3, -0.25) is 9.89 Å².